The van der Waals surface area contributed by atoms with E-state index in [4.69, 9.17) is 25.8 Å². The average Bonchev–Trinajstić information content (AvgIpc) is 3.39. The van der Waals surface area contributed by atoms with Gasteiger partial charge in [-0.15, -0.1) is 12.4 Å². The van der Waals surface area contributed by atoms with Crippen LogP contribution in [0.3, 0.4) is 0 Å². The van der Waals surface area contributed by atoms with E-state index in [1.807, 2.05) is 19.1 Å². The molecule has 0 N–H and O–H groups in total. The molecule has 0 saturated carbocycles. The van der Waals surface area contributed by atoms with Gasteiger partial charge in [-0.1, -0.05) is 34.2 Å². The molecule has 1 saturated heterocycles. The third-order valence-corrected chi connectivity index (χ3v) is 6.31. The minimum absolute atomic E-state index is 0. The van der Waals surface area contributed by atoms with Crippen LogP contribution in [-0.2, 0) is 4.74 Å². The molecular weight excluding hydrogens is 435 g/mol. The Bertz CT molecular complexity index is 919. The molecule has 4 rings (SSSR count). The van der Waals surface area contributed by atoms with Gasteiger partial charge in [0.2, 0.25) is 5.76 Å². The third kappa shape index (κ3) is 4.90. The number of carbonyl (C=O) groups excluding carboxylic acids is 1. The highest BCUT2D eigenvalue weighted by molar-refractivity contribution is 7.23. The molecule has 0 bridgehead atoms. The average molecular weight is 457 g/mol. The van der Waals surface area contributed by atoms with Crippen LogP contribution in [0.25, 0.3) is 10.2 Å². The summed E-state index contributed by atoms with van der Waals surface area (Å²) in [5.74, 6) is -0.0410. The van der Waals surface area contributed by atoms with Gasteiger partial charge in [0.05, 0.1) is 34.6 Å². The Labute approximate surface area is 184 Å². The molecule has 0 radical (unpaired) electrons. The number of aryl methyl sites for hydroxylation is 1. The van der Waals surface area contributed by atoms with Crippen molar-refractivity contribution >= 4 is 56.6 Å². The lowest BCUT2D eigenvalue weighted by molar-refractivity contribution is 0.0376. The number of amides is 1. The van der Waals surface area contributed by atoms with Gasteiger partial charge in [-0.2, -0.15) is 0 Å². The summed E-state index contributed by atoms with van der Waals surface area (Å²) in [4.78, 5) is 21.8. The van der Waals surface area contributed by atoms with Crippen molar-refractivity contribution in [2.75, 3.05) is 44.3 Å². The Morgan fingerprint density at radius 1 is 1.31 bits per heavy atom. The van der Waals surface area contributed by atoms with Crippen molar-refractivity contribution in [3.8, 4) is 0 Å². The molecule has 1 aliphatic heterocycles. The predicted octanol–water partition coefficient (Wildman–Crippen LogP) is 4.04. The van der Waals surface area contributed by atoms with E-state index in [9.17, 15) is 4.79 Å². The molecule has 0 spiro atoms. The fourth-order valence-corrected chi connectivity index (χ4v) is 4.57. The fourth-order valence-electron chi connectivity index (χ4n) is 3.23. The highest BCUT2D eigenvalue weighted by Crippen LogP contribution is 2.36. The molecule has 29 heavy (non-hydrogen) atoms. The summed E-state index contributed by atoms with van der Waals surface area (Å²) in [6.45, 7) is 6.79. The molecule has 1 aliphatic rings. The molecule has 0 atom stereocenters. The van der Waals surface area contributed by atoms with Crippen LogP contribution in [0.15, 0.2) is 28.9 Å². The van der Waals surface area contributed by atoms with E-state index in [-0.39, 0.29) is 24.1 Å². The Kier molecular flexibility index (Phi) is 7.48. The normalized spacial score (nSPS) is 14.7. The van der Waals surface area contributed by atoms with Crippen LogP contribution in [0.2, 0.25) is 5.02 Å². The van der Waals surface area contributed by atoms with Gasteiger partial charge in [0.1, 0.15) is 0 Å². The lowest BCUT2D eigenvalue weighted by Gasteiger charge is -2.27. The molecule has 1 aromatic carbocycles. The molecule has 0 aliphatic carbocycles. The second kappa shape index (κ2) is 9.86. The van der Waals surface area contributed by atoms with E-state index in [0.717, 1.165) is 55.0 Å². The SMILES string of the molecule is Cc1ccc(Cl)c2sc(N(CCCN3CCOCC3)C(=O)c3ccno3)nc12.Cl. The van der Waals surface area contributed by atoms with Crippen molar-refractivity contribution in [2.24, 2.45) is 0 Å². The zero-order valence-electron chi connectivity index (χ0n) is 16.0. The largest absolute Gasteiger partial charge is 0.379 e. The number of rotatable bonds is 6. The molecule has 1 amide bonds. The predicted molar refractivity (Wildman–Crippen MR) is 117 cm³/mol. The number of ether oxygens (including phenoxy) is 1. The Balaban J connectivity index is 0.00000240. The number of nitrogens with zero attached hydrogens (tertiary/aromatic N) is 4. The number of morpholine rings is 1. The van der Waals surface area contributed by atoms with E-state index in [2.05, 4.69) is 10.1 Å². The van der Waals surface area contributed by atoms with Gasteiger partial charge in [0, 0.05) is 32.2 Å². The van der Waals surface area contributed by atoms with Gasteiger partial charge < -0.3 is 9.26 Å². The van der Waals surface area contributed by atoms with Crippen LogP contribution in [0.4, 0.5) is 5.13 Å². The van der Waals surface area contributed by atoms with Gasteiger partial charge in [-0.05, 0) is 25.0 Å². The number of halogens is 2. The van der Waals surface area contributed by atoms with Crippen LogP contribution in [0, 0.1) is 6.92 Å². The second-order valence-electron chi connectivity index (χ2n) is 6.68. The first-order valence-corrected chi connectivity index (χ1v) is 10.4. The monoisotopic (exact) mass is 456 g/mol. The van der Waals surface area contributed by atoms with Crippen LogP contribution < -0.4 is 4.90 Å². The highest BCUT2D eigenvalue weighted by Gasteiger charge is 2.25. The van der Waals surface area contributed by atoms with Gasteiger partial charge in [0.25, 0.3) is 5.91 Å². The smallest absolute Gasteiger partial charge is 0.298 e. The van der Waals surface area contributed by atoms with Gasteiger partial charge in [-0.3, -0.25) is 14.6 Å². The van der Waals surface area contributed by atoms with E-state index in [1.165, 1.54) is 17.5 Å². The van der Waals surface area contributed by atoms with Crippen LogP contribution in [-0.4, -0.2) is 60.3 Å². The molecule has 2 aromatic heterocycles. The first-order valence-electron chi connectivity index (χ1n) is 9.22. The molecule has 156 valence electrons. The number of thiazole rings is 1. The number of fused-ring (bicyclic) bond motifs is 1. The summed E-state index contributed by atoms with van der Waals surface area (Å²) in [7, 11) is 0. The summed E-state index contributed by atoms with van der Waals surface area (Å²) < 4.78 is 11.4. The standard InChI is InChI=1S/C19H21ClN4O3S.ClH/c1-13-3-4-14(20)17-16(13)22-19(28-17)24(18(25)15-5-6-21-27-15)8-2-7-23-9-11-26-12-10-23;/h3-6H,2,7-12H2,1H3;1H. The minimum Gasteiger partial charge on any atom is -0.379 e. The van der Waals surface area contributed by atoms with Crippen LogP contribution in [0.1, 0.15) is 22.5 Å². The maximum atomic E-state index is 13.0. The van der Waals surface area contributed by atoms with E-state index in [1.54, 1.807) is 11.0 Å². The van der Waals surface area contributed by atoms with Crippen LogP contribution in [0.5, 0.6) is 0 Å². The van der Waals surface area contributed by atoms with Crippen molar-refractivity contribution in [1.29, 1.82) is 0 Å². The number of carbonyl (C=O) groups is 1. The maximum absolute atomic E-state index is 13.0. The third-order valence-electron chi connectivity index (χ3n) is 4.77. The minimum atomic E-state index is -0.243. The molecule has 7 nitrogen and oxygen atoms in total. The van der Waals surface area contributed by atoms with Gasteiger partial charge in [0.15, 0.2) is 5.13 Å². The fraction of sp³-hybridized carbons (Fsp3) is 0.421. The number of hydrogen-bond acceptors (Lipinski definition) is 7. The molecule has 3 aromatic rings. The Morgan fingerprint density at radius 3 is 2.79 bits per heavy atom. The van der Waals surface area contributed by atoms with Crippen LogP contribution >= 0.6 is 35.3 Å². The molecule has 1 fully saturated rings. The summed E-state index contributed by atoms with van der Waals surface area (Å²) in [6, 6.07) is 5.38. The Hall–Kier alpha value is -1.71. The quantitative estimate of drug-likeness (QED) is 0.557. The van der Waals surface area contributed by atoms with Crippen molar-refractivity contribution < 1.29 is 14.1 Å². The van der Waals surface area contributed by atoms with E-state index >= 15 is 0 Å². The van der Waals surface area contributed by atoms with E-state index in [0.29, 0.717) is 16.7 Å². The molecule has 0 unspecified atom stereocenters. The number of anilines is 1. The number of aromatic nitrogens is 2. The first kappa shape index (κ1) is 22.0. The summed E-state index contributed by atoms with van der Waals surface area (Å²) in [5.41, 5.74) is 1.86. The lowest BCUT2D eigenvalue weighted by atomic mass is 10.2. The first-order chi connectivity index (χ1) is 13.6. The molecule has 10 heteroatoms. The number of hydrogen-bond donors (Lipinski definition) is 0. The lowest BCUT2D eigenvalue weighted by Crippen LogP contribution is -2.39. The highest BCUT2D eigenvalue weighted by atomic mass is 35.5. The van der Waals surface area contributed by atoms with E-state index < -0.39 is 0 Å². The zero-order chi connectivity index (χ0) is 19.5. The maximum Gasteiger partial charge on any atom is 0.298 e. The summed E-state index contributed by atoms with van der Waals surface area (Å²) >= 11 is 7.78. The second-order valence-corrected chi connectivity index (χ2v) is 8.06. The molecular formula is C19H22Cl2N4O3S. The van der Waals surface area contributed by atoms with Crippen molar-refractivity contribution in [3.05, 3.63) is 40.7 Å². The van der Waals surface area contributed by atoms with Crippen molar-refractivity contribution in [1.82, 2.24) is 15.0 Å². The summed E-state index contributed by atoms with van der Waals surface area (Å²) in [6.07, 6.45) is 2.29. The number of benzene rings is 1. The van der Waals surface area contributed by atoms with Gasteiger partial charge in [-0.25, -0.2) is 4.98 Å². The Morgan fingerprint density at radius 2 is 2.10 bits per heavy atom. The molecule has 3 heterocycles. The van der Waals surface area contributed by atoms with Crippen molar-refractivity contribution in [2.45, 2.75) is 13.3 Å². The zero-order valence-corrected chi connectivity index (χ0v) is 18.4. The van der Waals surface area contributed by atoms with Crippen molar-refractivity contribution in [3.63, 3.8) is 0 Å². The van der Waals surface area contributed by atoms with Gasteiger partial charge >= 0.3 is 0 Å². The summed E-state index contributed by atoms with van der Waals surface area (Å²) in [5, 5.41) is 4.92. The topological polar surface area (TPSA) is 71.7 Å².